The van der Waals surface area contributed by atoms with Gasteiger partial charge in [0.2, 0.25) is 0 Å². The van der Waals surface area contributed by atoms with Crippen LogP contribution in [0.25, 0.3) is 0 Å². The van der Waals surface area contributed by atoms with Gasteiger partial charge in [0.15, 0.2) is 6.10 Å². The van der Waals surface area contributed by atoms with Crippen molar-refractivity contribution in [1.82, 2.24) is 0 Å². The lowest BCUT2D eigenvalue weighted by atomic mass is 10.1. The van der Waals surface area contributed by atoms with Gasteiger partial charge in [-0.1, -0.05) is 6.07 Å². The summed E-state index contributed by atoms with van der Waals surface area (Å²) in [6, 6.07) is 4.67. The van der Waals surface area contributed by atoms with Crippen molar-refractivity contribution < 1.29 is 32.5 Å². The summed E-state index contributed by atoms with van der Waals surface area (Å²) in [6.45, 7) is 0.334. The minimum atomic E-state index is -4.41. The van der Waals surface area contributed by atoms with E-state index in [4.69, 9.17) is 14.2 Å². The molecule has 0 spiro atoms. The second-order valence-corrected chi connectivity index (χ2v) is 4.85. The Labute approximate surface area is 113 Å². The number of benzene rings is 1. The lowest BCUT2D eigenvalue weighted by molar-refractivity contribution is -0.137. The highest BCUT2D eigenvalue weighted by Gasteiger charge is 2.48. The molecule has 20 heavy (non-hydrogen) atoms. The van der Waals surface area contributed by atoms with E-state index in [2.05, 4.69) is 0 Å². The van der Waals surface area contributed by atoms with Crippen LogP contribution in [0.5, 0.6) is 5.75 Å². The summed E-state index contributed by atoms with van der Waals surface area (Å²) in [4.78, 5) is 0. The lowest BCUT2D eigenvalue weighted by Gasteiger charge is -2.18. The van der Waals surface area contributed by atoms with Crippen LogP contribution >= 0.6 is 0 Å². The van der Waals surface area contributed by atoms with Gasteiger partial charge >= 0.3 is 6.18 Å². The molecule has 3 rings (SSSR count). The van der Waals surface area contributed by atoms with Crippen molar-refractivity contribution in [3.63, 3.8) is 0 Å². The molecule has 0 saturated carbocycles. The fourth-order valence-electron chi connectivity index (χ4n) is 2.47. The molecule has 2 heterocycles. The number of aliphatic hydroxyl groups excluding tert-OH is 1. The van der Waals surface area contributed by atoms with Crippen molar-refractivity contribution in [1.29, 1.82) is 0 Å². The van der Waals surface area contributed by atoms with Crippen molar-refractivity contribution in [2.24, 2.45) is 0 Å². The average molecular weight is 290 g/mol. The zero-order valence-corrected chi connectivity index (χ0v) is 10.3. The summed E-state index contributed by atoms with van der Waals surface area (Å²) in [6.07, 6.45) is -6.55. The standard InChI is InChI=1S/C13H13F3O4/c14-13(15,16)7-2-1-3-8(4-7)20-10-6-19-11-9(17)5-18-12(10)11/h1-4,9-12,17H,5-6H2/t9-,10+,11-,12-/m1/s1. The third kappa shape index (κ3) is 2.48. The van der Waals surface area contributed by atoms with E-state index in [1.165, 1.54) is 12.1 Å². The third-order valence-corrected chi connectivity index (χ3v) is 3.43. The van der Waals surface area contributed by atoms with Crippen LogP contribution in [0, 0.1) is 0 Å². The molecule has 1 aromatic carbocycles. The van der Waals surface area contributed by atoms with Crippen LogP contribution in [0.2, 0.25) is 0 Å². The minimum absolute atomic E-state index is 0.110. The number of ether oxygens (including phenoxy) is 3. The molecule has 0 aromatic heterocycles. The van der Waals surface area contributed by atoms with Crippen LogP contribution in [-0.4, -0.2) is 42.7 Å². The van der Waals surface area contributed by atoms with Gasteiger partial charge < -0.3 is 19.3 Å². The summed E-state index contributed by atoms with van der Waals surface area (Å²) in [5.41, 5.74) is -0.766. The normalized spacial score (nSPS) is 33.2. The van der Waals surface area contributed by atoms with Crippen LogP contribution in [0.15, 0.2) is 24.3 Å². The number of hydrogen-bond donors (Lipinski definition) is 1. The maximum absolute atomic E-state index is 12.6. The Morgan fingerprint density at radius 1 is 1.15 bits per heavy atom. The SMILES string of the molecule is O[C@@H]1CO[C@H]2[C@@H]1OC[C@@H]2Oc1cccc(C(F)(F)F)c1. The largest absolute Gasteiger partial charge is 0.485 e. The molecule has 2 saturated heterocycles. The molecule has 7 heteroatoms. The second kappa shape index (κ2) is 4.91. The predicted octanol–water partition coefficient (Wildman–Crippen LogP) is 1.61. The van der Waals surface area contributed by atoms with Gasteiger partial charge in [-0.25, -0.2) is 0 Å². The first-order chi connectivity index (χ1) is 9.45. The van der Waals surface area contributed by atoms with E-state index in [0.29, 0.717) is 0 Å². The van der Waals surface area contributed by atoms with E-state index >= 15 is 0 Å². The Bertz CT molecular complexity index is 491. The predicted molar refractivity (Wildman–Crippen MR) is 61.3 cm³/mol. The van der Waals surface area contributed by atoms with Crippen molar-refractivity contribution in [3.05, 3.63) is 29.8 Å². The number of halogens is 3. The van der Waals surface area contributed by atoms with Crippen molar-refractivity contribution in [2.45, 2.75) is 30.6 Å². The van der Waals surface area contributed by atoms with Gasteiger partial charge in [0.1, 0.15) is 24.1 Å². The van der Waals surface area contributed by atoms with E-state index in [1.54, 1.807) is 0 Å². The smallest absolute Gasteiger partial charge is 0.416 e. The van der Waals surface area contributed by atoms with Gasteiger partial charge in [0.25, 0.3) is 0 Å². The zero-order valence-electron chi connectivity index (χ0n) is 10.3. The molecule has 2 fully saturated rings. The van der Waals surface area contributed by atoms with Gasteiger partial charge in [-0.15, -0.1) is 0 Å². The fourth-order valence-corrected chi connectivity index (χ4v) is 2.47. The molecule has 4 nitrogen and oxygen atoms in total. The molecule has 0 aliphatic carbocycles. The highest BCUT2D eigenvalue weighted by molar-refractivity contribution is 5.30. The minimum Gasteiger partial charge on any atom is -0.485 e. The van der Waals surface area contributed by atoms with Crippen LogP contribution in [-0.2, 0) is 15.7 Å². The van der Waals surface area contributed by atoms with Gasteiger partial charge in [0, 0.05) is 0 Å². The molecule has 0 radical (unpaired) electrons. The number of alkyl halides is 3. The van der Waals surface area contributed by atoms with Gasteiger partial charge in [-0.2, -0.15) is 13.2 Å². The third-order valence-electron chi connectivity index (χ3n) is 3.43. The Balaban J connectivity index is 1.73. The second-order valence-electron chi connectivity index (χ2n) is 4.85. The van der Waals surface area contributed by atoms with E-state index in [-0.39, 0.29) is 19.0 Å². The molecule has 1 aromatic rings. The molecule has 2 aliphatic rings. The number of rotatable bonds is 2. The lowest BCUT2D eigenvalue weighted by Crippen LogP contribution is -2.34. The summed E-state index contributed by atoms with van der Waals surface area (Å²) in [5, 5.41) is 9.58. The molecule has 1 N–H and O–H groups in total. The number of fused-ring (bicyclic) bond motifs is 1. The molecule has 2 aliphatic heterocycles. The van der Waals surface area contributed by atoms with Crippen LogP contribution in [0.3, 0.4) is 0 Å². The molecular weight excluding hydrogens is 277 g/mol. The molecule has 0 bridgehead atoms. The number of aliphatic hydroxyl groups is 1. The monoisotopic (exact) mass is 290 g/mol. The summed E-state index contributed by atoms with van der Waals surface area (Å²) >= 11 is 0. The van der Waals surface area contributed by atoms with E-state index < -0.39 is 36.2 Å². The van der Waals surface area contributed by atoms with Crippen LogP contribution < -0.4 is 4.74 Å². The van der Waals surface area contributed by atoms with Gasteiger partial charge in [0.05, 0.1) is 18.8 Å². The summed E-state index contributed by atoms with van der Waals surface area (Å²) in [7, 11) is 0. The van der Waals surface area contributed by atoms with Crippen molar-refractivity contribution in [2.75, 3.05) is 13.2 Å². The maximum Gasteiger partial charge on any atom is 0.416 e. The van der Waals surface area contributed by atoms with Crippen LogP contribution in [0.4, 0.5) is 13.2 Å². The maximum atomic E-state index is 12.6. The molecule has 0 unspecified atom stereocenters. The molecule has 110 valence electrons. The molecular formula is C13H13F3O4. The Hall–Kier alpha value is -1.31. The topological polar surface area (TPSA) is 47.9 Å². The first-order valence-corrected chi connectivity index (χ1v) is 6.20. The van der Waals surface area contributed by atoms with Crippen molar-refractivity contribution in [3.8, 4) is 5.75 Å². The highest BCUT2D eigenvalue weighted by Crippen LogP contribution is 2.33. The fraction of sp³-hybridized carbons (Fsp3) is 0.538. The summed E-state index contributed by atoms with van der Waals surface area (Å²) in [5.74, 6) is 0.110. The van der Waals surface area contributed by atoms with Gasteiger partial charge in [-0.05, 0) is 18.2 Å². The Kier molecular flexibility index (Phi) is 3.35. The van der Waals surface area contributed by atoms with Gasteiger partial charge in [-0.3, -0.25) is 0 Å². The Morgan fingerprint density at radius 3 is 2.65 bits per heavy atom. The van der Waals surface area contributed by atoms with E-state index in [1.807, 2.05) is 0 Å². The van der Waals surface area contributed by atoms with E-state index in [0.717, 1.165) is 12.1 Å². The zero-order chi connectivity index (χ0) is 14.3. The summed E-state index contributed by atoms with van der Waals surface area (Å²) < 4.78 is 54.0. The quantitative estimate of drug-likeness (QED) is 0.899. The highest BCUT2D eigenvalue weighted by atomic mass is 19.4. The van der Waals surface area contributed by atoms with Crippen LogP contribution in [0.1, 0.15) is 5.56 Å². The molecule has 0 amide bonds. The Morgan fingerprint density at radius 2 is 1.90 bits per heavy atom. The average Bonchev–Trinajstić information content (AvgIpc) is 2.94. The van der Waals surface area contributed by atoms with Crippen molar-refractivity contribution >= 4 is 0 Å². The number of hydrogen-bond acceptors (Lipinski definition) is 4. The first kappa shape index (κ1) is 13.7. The molecule has 4 atom stereocenters. The first-order valence-electron chi connectivity index (χ1n) is 6.20. The van der Waals surface area contributed by atoms with E-state index in [9.17, 15) is 18.3 Å².